The summed E-state index contributed by atoms with van der Waals surface area (Å²) in [6.45, 7) is 13.6. The lowest BCUT2D eigenvalue weighted by atomic mass is 10.2. The molecule has 0 aromatic carbocycles. The first-order valence-corrected chi connectivity index (χ1v) is 8.85. The Morgan fingerprint density at radius 2 is 1.82 bits per heavy atom. The van der Waals surface area contributed by atoms with E-state index in [9.17, 15) is 0 Å². The van der Waals surface area contributed by atoms with Gasteiger partial charge in [0.1, 0.15) is 12.0 Å². The summed E-state index contributed by atoms with van der Waals surface area (Å²) in [5, 5.41) is 0.166. The summed E-state index contributed by atoms with van der Waals surface area (Å²) < 4.78 is 16.3. The molecule has 0 saturated carbocycles. The first-order chi connectivity index (χ1) is 7.74. The summed E-state index contributed by atoms with van der Waals surface area (Å²) in [7, 11) is -0.206. The molecule has 0 unspecified atom stereocenters. The largest absolute Gasteiger partial charge is 0.541 e. The van der Waals surface area contributed by atoms with E-state index >= 15 is 0 Å². The summed E-state index contributed by atoms with van der Waals surface area (Å²) in [5.74, 6) is 0.715. The molecular weight excluding hydrogens is 232 g/mol. The maximum Gasteiger partial charge on any atom is 0.250 e. The van der Waals surface area contributed by atoms with Gasteiger partial charge in [0.25, 0.3) is 8.32 Å². The van der Waals surface area contributed by atoms with Gasteiger partial charge in [0.2, 0.25) is 0 Å². The minimum atomic E-state index is -1.82. The van der Waals surface area contributed by atoms with Crippen molar-refractivity contribution in [3.05, 3.63) is 24.4 Å². The second-order valence-corrected chi connectivity index (χ2v) is 10.1. The monoisotopic (exact) mass is 258 g/mol. The fraction of sp³-hybridized carbons (Fsp3) is 0.692. The molecule has 17 heavy (non-hydrogen) atoms. The SMILES string of the molecule is CCO/C=C/C(=C\OC)O[Si](C)(C)C(C)(C)C. The van der Waals surface area contributed by atoms with Crippen molar-refractivity contribution in [3.8, 4) is 0 Å². The topological polar surface area (TPSA) is 27.7 Å². The Hall–Kier alpha value is -0.903. The molecule has 0 saturated heterocycles. The van der Waals surface area contributed by atoms with Crippen LogP contribution in [0.5, 0.6) is 0 Å². The summed E-state index contributed by atoms with van der Waals surface area (Å²) in [6.07, 6.45) is 5.04. The second-order valence-electron chi connectivity index (χ2n) is 5.38. The molecule has 0 bridgehead atoms. The highest BCUT2D eigenvalue weighted by Crippen LogP contribution is 2.37. The van der Waals surface area contributed by atoms with Crippen molar-refractivity contribution in [1.82, 2.24) is 0 Å². The second kappa shape index (κ2) is 6.74. The molecule has 0 aliphatic rings. The van der Waals surface area contributed by atoms with Gasteiger partial charge < -0.3 is 13.9 Å². The Morgan fingerprint density at radius 3 is 2.24 bits per heavy atom. The maximum absolute atomic E-state index is 6.10. The molecule has 0 amide bonds. The molecular formula is C13H26O3Si. The number of hydrogen-bond acceptors (Lipinski definition) is 3. The standard InChI is InChI=1S/C13H26O3Si/c1-8-15-10-9-12(11-14-5)16-17(6,7)13(2,3)4/h9-11H,8H2,1-7H3/b10-9+,12-11+. The average molecular weight is 258 g/mol. The predicted molar refractivity (Wildman–Crippen MR) is 74.1 cm³/mol. The quantitative estimate of drug-likeness (QED) is 0.409. The Balaban J connectivity index is 4.72. The van der Waals surface area contributed by atoms with E-state index in [-0.39, 0.29) is 5.04 Å². The van der Waals surface area contributed by atoms with Crippen molar-refractivity contribution in [2.45, 2.75) is 45.8 Å². The van der Waals surface area contributed by atoms with Crippen molar-refractivity contribution in [1.29, 1.82) is 0 Å². The summed E-state index contributed by atoms with van der Waals surface area (Å²) in [4.78, 5) is 0. The molecule has 100 valence electrons. The van der Waals surface area contributed by atoms with Crippen molar-refractivity contribution in [3.63, 3.8) is 0 Å². The summed E-state index contributed by atoms with van der Waals surface area (Å²) in [6, 6.07) is 0. The van der Waals surface area contributed by atoms with E-state index in [0.717, 1.165) is 0 Å². The van der Waals surface area contributed by atoms with E-state index in [1.54, 1.807) is 25.7 Å². The van der Waals surface area contributed by atoms with Gasteiger partial charge in [-0.25, -0.2) is 0 Å². The van der Waals surface area contributed by atoms with Gasteiger partial charge in [0.05, 0.1) is 20.0 Å². The highest BCUT2D eigenvalue weighted by molar-refractivity contribution is 6.74. The minimum Gasteiger partial charge on any atom is -0.541 e. The highest BCUT2D eigenvalue weighted by Gasteiger charge is 2.39. The van der Waals surface area contributed by atoms with E-state index in [0.29, 0.717) is 12.4 Å². The van der Waals surface area contributed by atoms with Crippen molar-refractivity contribution >= 4 is 8.32 Å². The van der Waals surface area contributed by atoms with Crippen LogP contribution in [0.4, 0.5) is 0 Å². The normalized spacial score (nSPS) is 13.9. The van der Waals surface area contributed by atoms with Crippen molar-refractivity contribution < 1.29 is 13.9 Å². The first kappa shape index (κ1) is 16.1. The highest BCUT2D eigenvalue weighted by atomic mass is 28.4. The number of ether oxygens (including phenoxy) is 2. The molecule has 0 radical (unpaired) electrons. The first-order valence-electron chi connectivity index (χ1n) is 5.94. The fourth-order valence-electron chi connectivity index (χ4n) is 0.873. The Morgan fingerprint density at radius 1 is 1.24 bits per heavy atom. The Bertz CT molecular complexity index is 275. The van der Waals surface area contributed by atoms with Crippen LogP contribution in [0, 0.1) is 0 Å². The van der Waals surface area contributed by atoms with Crippen LogP contribution in [0.2, 0.25) is 18.1 Å². The van der Waals surface area contributed by atoms with Crippen LogP contribution in [0.1, 0.15) is 27.7 Å². The van der Waals surface area contributed by atoms with Gasteiger partial charge in [-0.15, -0.1) is 0 Å². The summed E-state index contributed by atoms with van der Waals surface area (Å²) >= 11 is 0. The molecule has 0 N–H and O–H groups in total. The van der Waals surface area contributed by atoms with Crippen LogP contribution in [0.3, 0.4) is 0 Å². The van der Waals surface area contributed by atoms with Gasteiger partial charge in [-0.05, 0) is 25.1 Å². The van der Waals surface area contributed by atoms with Gasteiger partial charge in [-0.2, -0.15) is 0 Å². The zero-order valence-electron chi connectivity index (χ0n) is 12.2. The van der Waals surface area contributed by atoms with Crippen LogP contribution in [-0.4, -0.2) is 22.0 Å². The third-order valence-corrected chi connectivity index (χ3v) is 7.27. The lowest BCUT2D eigenvalue weighted by molar-refractivity contribution is 0.264. The lowest BCUT2D eigenvalue weighted by Crippen LogP contribution is -2.40. The number of hydrogen-bond donors (Lipinski definition) is 0. The third-order valence-electron chi connectivity index (χ3n) is 2.91. The molecule has 0 spiro atoms. The smallest absolute Gasteiger partial charge is 0.250 e. The van der Waals surface area contributed by atoms with Crippen LogP contribution < -0.4 is 0 Å². The molecule has 0 rings (SSSR count). The molecule has 4 heteroatoms. The van der Waals surface area contributed by atoms with E-state index in [1.165, 1.54) is 0 Å². The number of methoxy groups -OCH3 is 1. The molecule has 0 atom stereocenters. The van der Waals surface area contributed by atoms with Crippen LogP contribution in [0.15, 0.2) is 24.4 Å². The van der Waals surface area contributed by atoms with Gasteiger partial charge in [0.15, 0.2) is 0 Å². The molecule has 0 aliphatic carbocycles. The molecule has 0 fully saturated rings. The third kappa shape index (κ3) is 5.82. The number of rotatable bonds is 6. The lowest BCUT2D eigenvalue weighted by Gasteiger charge is -2.36. The molecule has 0 aliphatic heterocycles. The zero-order chi connectivity index (χ0) is 13.5. The van der Waals surface area contributed by atoms with Crippen LogP contribution >= 0.6 is 0 Å². The fourth-order valence-corrected chi connectivity index (χ4v) is 1.88. The summed E-state index contributed by atoms with van der Waals surface area (Å²) in [5.41, 5.74) is 0. The minimum absolute atomic E-state index is 0.166. The van der Waals surface area contributed by atoms with E-state index < -0.39 is 8.32 Å². The molecule has 0 aromatic rings. The van der Waals surface area contributed by atoms with Gasteiger partial charge in [-0.3, -0.25) is 0 Å². The van der Waals surface area contributed by atoms with Gasteiger partial charge in [-0.1, -0.05) is 20.8 Å². The Kier molecular flexibility index (Phi) is 6.38. The van der Waals surface area contributed by atoms with Crippen LogP contribution in [-0.2, 0) is 13.9 Å². The molecule has 0 aromatic heterocycles. The molecule has 0 heterocycles. The molecule has 3 nitrogen and oxygen atoms in total. The van der Waals surface area contributed by atoms with E-state index in [2.05, 4.69) is 33.9 Å². The van der Waals surface area contributed by atoms with Crippen molar-refractivity contribution in [2.75, 3.05) is 13.7 Å². The predicted octanol–water partition coefficient (Wildman–Crippen LogP) is 4.05. The van der Waals surface area contributed by atoms with Gasteiger partial charge >= 0.3 is 0 Å². The maximum atomic E-state index is 6.10. The van der Waals surface area contributed by atoms with Crippen LogP contribution in [0.25, 0.3) is 0 Å². The Labute approximate surface area is 107 Å². The van der Waals surface area contributed by atoms with Gasteiger partial charge in [0, 0.05) is 6.08 Å². The number of allylic oxidation sites excluding steroid dienone is 1. The van der Waals surface area contributed by atoms with Crippen molar-refractivity contribution in [2.24, 2.45) is 0 Å². The zero-order valence-corrected chi connectivity index (χ0v) is 13.2. The van der Waals surface area contributed by atoms with E-state index in [4.69, 9.17) is 13.9 Å². The average Bonchev–Trinajstić information content (AvgIpc) is 2.16. The van der Waals surface area contributed by atoms with E-state index in [1.807, 2.05) is 6.92 Å².